The summed E-state index contributed by atoms with van der Waals surface area (Å²) in [5, 5.41) is 2.53. The van der Waals surface area contributed by atoms with Crippen LogP contribution in [0.5, 0.6) is 0 Å². The summed E-state index contributed by atoms with van der Waals surface area (Å²) >= 11 is 0. The first kappa shape index (κ1) is 17.3. The average Bonchev–Trinajstić information content (AvgIpc) is 2.45. The minimum Gasteiger partial charge on any atom is -0.0561 e. The van der Waals surface area contributed by atoms with Crippen LogP contribution in [0.1, 0.15) is 52.7 Å². The molecular weight excluding hydrogens is 282 g/mol. The zero-order valence-corrected chi connectivity index (χ0v) is 15.7. The van der Waals surface area contributed by atoms with E-state index in [1.807, 2.05) is 0 Å². The van der Waals surface area contributed by atoms with Crippen LogP contribution in [0.3, 0.4) is 0 Å². The van der Waals surface area contributed by atoms with Gasteiger partial charge in [0.25, 0.3) is 0 Å². The lowest BCUT2D eigenvalue weighted by atomic mass is 9.87. The smallest absolute Gasteiger partial charge is 0.0561 e. The van der Waals surface area contributed by atoms with Gasteiger partial charge in [0.2, 0.25) is 0 Å². The van der Waals surface area contributed by atoms with E-state index in [4.69, 9.17) is 7.57 Å². The van der Waals surface area contributed by atoms with E-state index >= 15 is 0 Å². The fraction of sp³-hybridized carbons (Fsp3) is 0.400. The summed E-state index contributed by atoms with van der Waals surface area (Å²) in [6, 6.07) is 17.7. The van der Waals surface area contributed by atoms with Crippen molar-refractivity contribution in [2.45, 2.75) is 52.4 Å². The Morgan fingerprint density at radius 2 is 0.864 bits per heavy atom. The second-order valence-electron chi connectivity index (χ2n) is 8.07. The van der Waals surface area contributed by atoms with Gasteiger partial charge in [-0.2, -0.15) is 0 Å². The van der Waals surface area contributed by atoms with Gasteiger partial charge in [-0.25, -0.2) is 0 Å². The lowest BCUT2D eigenvalue weighted by Gasteiger charge is -2.20. The maximum Gasteiger partial charge on any atom is 0.374 e. The summed E-state index contributed by atoms with van der Waals surface area (Å²) < 4.78 is 0. The molecule has 0 bridgehead atoms. The van der Waals surface area contributed by atoms with Gasteiger partial charge in [0.15, 0.2) is 0 Å². The fourth-order valence-electron chi connectivity index (χ4n) is 2.47. The van der Waals surface area contributed by atoms with Crippen LogP contribution in [-0.2, 0) is 10.8 Å². The fourth-order valence-corrected chi connectivity index (χ4v) is 3.85. The Bertz CT molecular complexity index is 555. The van der Waals surface area contributed by atoms with E-state index in [1.165, 1.54) is 21.7 Å². The Hall–Kier alpha value is -1.07. The summed E-state index contributed by atoms with van der Waals surface area (Å²) in [6.45, 7) is 13.4. The molecule has 0 nitrogen and oxygen atoms in total. The molecule has 0 unspecified atom stereocenters. The molecule has 0 aliphatic heterocycles. The highest BCUT2D eigenvalue weighted by molar-refractivity contribution is 7.94. The van der Waals surface area contributed by atoms with Crippen LogP contribution < -0.4 is 10.6 Å². The minimum absolute atomic E-state index is 0.189. The predicted octanol–water partition coefficient (Wildman–Crippen LogP) is 4.53. The van der Waals surface area contributed by atoms with Crippen LogP contribution in [0.2, 0.25) is 0 Å². The van der Waals surface area contributed by atoms with Gasteiger partial charge in [0.1, 0.15) is 0 Å². The first-order chi connectivity index (χ1) is 10.1. The molecular formula is C20H27BP+. The molecule has 2 radical (unpaired) electrons. The van der Waals surface area contributed by atoms with Crippen molar-refractivity contribution in [3.8, 4) is 0 Å². The molecule has 2 aromatic carbocycles. The summed E-state index contributed by atoms with van der Waals surface area (Å²) in [6.07, 6.45) is 0. The molecule has 0 aliphatic rings. The summed E-state index contributed by atoms with van der Waals surface area (Å²) in [4.78, 5) is 0. The third-order valence-corrected chi connectivity index (χ3v) is 6.03. The van der Waals surface area contributed by atoms with Crippen molar-refractivity contribution < 1.29 is 0 Å². The Kier molecular flexibility index (Phi) is 4.88. The van der Waals surface area contributed by atoms with E-state index in [2.05, 4.69) is 90.1 Å². The number of rotatable bonds is 2. The van der Waals surface area contributed by atoms with Gasteiger partial charge < -0.3 is 0 Å². The van der Waals surface area contributed by atoms with Crippen molar-refractivity contribution in [3.63, 3.8) is 0 Å². The first-order valence-corrected chi connectivity index (χ1v) is 9.51. The largest absolute Gasteiger partial charge is 0.374 e. The Labute approximate surface area is 138 Å². The molecule has 2 rings (SSSR count). The summed E-state index contributed by atoms with van der Waals surface area (Å²) in [5.74, 6) is 0. The highest BCUT2D eigenvalue weighted by Crippen LogP contribution is 2.30. The predicted molar refractivity (Wildman–Crippen MR) is 104 cm³/mol. The summed E-state index contributed by atoms with van der Waals surface area (Å²) in [7, 11) is 5.37. The zero-order chi connectivity index (χ0) is 16.5. The van der Waals surface area contributed by atoms with E-state index < -0.39 is 7.80 Å². The second-order valence-corrected chi connectivity index (χ2v) is 10.1. The number of benzene rings is 2. The SMILES string of the molecule is [B][PH+](c1ccc(C(C)(C)C)cc1)c1ccc(C(C)(C)C)cc1. The van der Waals surface area contributed by atoms with Gasteiger partial charge >= 0.3 is 7.57 Å². The van der Waals surface area contributed by atoms with Crippen molar-refractivity contribution in [2.24, 2.45) is 0 Å². The van der Waals surface area contributed by atoms with Crippen molar-refractivity contribution in [2.75, 3.05) is 0 Å². The molecule has 0 amide bonds. The molecule has 0 N–H and O–H groups in total. The molecule has 0 saturated carbocycles. The van der Waals surface area contributed by atoms with Crippen molar-refractivity contribution >= 4 is 26.0 Å². The van der Waals surface area contributed by atoms with Crippen molar-refractivity contribution in [1.82, 2.24) is 0 Å². The maximum atomic E-state index is 6.54. The monoisotopic (exact) mass is 309 g/mol. The number of hydrogen-bond donors (Lipinski definition) is 0. The van der Waals surface area contributed by atoms with Gasteiger partial charge in [0.05, 0.1) is 10.6 Å². The van der Waals surface area contributed by atoms with Gasteiger partial charge in [0, 0.05) is 7.80 Å². The molecule has 0 spiro atoms. The zero-order valence-electron chi connectivity index (χ0n) is 14.7. The standard InChI is InChI=1S/C20H27BP/c1-19(2,3)15-7-11-17(12-8-15)22(21)18-13-9-16(10-14-18)20(4,5)6/h7-14,22H,1-6H3/q+1. The molecule has 2 aromatic rings. The molecule has 0 saturated heterocycles. The van der Waals surface area contributed by atoms with Crippen molar-refractivity contribution in [1.29, 1.82) is 0 Å². The van der Waals surface area contributed by atoms with E-state index in [-0.39, 0.29) is 10.8 Å². The minimum atomic E-state index is -1.17. The Balaban J connectivity index is 2.23. The van der Waals surface area contributed by atoms with Crippen LogP contribution in [0.25, 0.3) is 0 Å². The molecule has 2 heteroatoms. The van der Waals surface area contributed by atoms with Gasteiger partial charge in [-0.05, 0) is 46.2 Å². The Morgan fingerprint density at radius 1 is 0.591 bits per heavy atom. The maximum absolute atomic E-state index is 6.54. The van der Waals surface area contributed by atoms with Crippen LogP contribution in [0, 0.1) is 0 Å². The highest BCUT2D eigenvalue weighted by Gasteiger charge is 2.20. The van der Waals surface area contributed by atoms with Crippen LogP contribution in [-0.4, -0.2) is 7.57 Å². The van der Waals surface area contributed by atoms with E-state index in [9.17, 15) is 0 Å². The molecule has 0 aromatic heterocycles. The topological polar surface area (TPSA) is 0 Å². The third-order valence-electron chi connectivity index (χ3n) is 4.12. The quantitative estimate of drug-likeness (QED) is 0.565. The van der Waals surface area contributed by atoms with Crippen LogP contribution >= 0.6 is 7.80 Å². The van der Waals surface area contributed by atoms with Gasteiger partial charge in [-0.1, -0.05) is 65.8 Å². The molecule has 0 aliphatic carbocycles. The van der Waals surface area contributed by atoms with Crippen LogP contribution in [0.15, 0.2) is 48.5 Å². The molecule has 114 valence electrons. The second kappa shape index (κ2) is 6.21. The van der Waals surface area contributed by atoms with E-state index in [0.717, 1.165) is 0 Å². The van der Waals surface area contributed by atoms with Crippen LogP contribution in [0.4, 0.5) is 0 Å². The van der Waals surface area contributed by atoms with Gasteiger partial charge in [-0.15, -0.1) is 0 Å². The molecule has 22 heavy (non-hydrogen) atoms. The van der Waals surface area contributed by atoms with Crippen molar-refractivity contribution in [3.05, 3.63) is 59.7 Å². The summed E-state index contributed by atoms with van der Waals surface area (Å²) in [5.41, 5.74) is 3.09. The third kappa shape index (κ3) is 4.02. The van der Waals surface area contributed by atoms with Gasteiger partial charge in [-0.3, -0.25) is 0 Å². The lowest BCUT2D eigenvalue weighted by molar-refractivity contribution is 0.590. The molecule has 0 fully saturated rings. The average molecular weight is 309 g/mol. The van der Waals surface area contributed by atoms with E-state index in [1.54, 1.807) is 0 Å². The number of hydrogen-bond acceptors (Lipinski definition) is 0. The highest BCUT2D eigenvalue weighted by atomic mass is 31.1. The first-order valence-electron chi connectivity index (χ1n) is 7.93. The Morgan fingerprint density at radius 3 is 1.09 bits per heavy atom. The molecule has 0 heterocycles. The van der Waals surface area contributed by atoms with E-state index in [0.29, 0.717) is 0 Å². The molecule has 0 atom stereocenters. The normalized spacial score (nSPS) is 12.7. The lowest BCUT2D eigenvalue weighted by Crippen LogP contribution is -2.16.